The second-order valence-corrected chi connectivity index (χ2v) is 4.62. The van der Waals surface area contributed by atoms with Crippen molar-refractivity contribution in [3.05, 3.63) is 29.3 Å². The third-order valence-corrected chi connectivity index (χ3v) is 3.46. The molecule has 2 rings (SSSR count). The SMILES string of the molecule is Cc1cccc2c1NC(=S)C2(C)Cl. The van der Waals surface area contributed by atoms with Gasteiger partial charge in [0.05, 0.1) is 0 Å². The lowest BCUT2D eigenvalue weighted by Crippen LogP contribution is -2.22. The molecule has 0 aromatic heterocycles. The molecule has 0 amide bonds. The fourth-order valence-electron chi connectivity index (χ4n) is 1.58. The lowest BCUT2D eigenvalue weighted by Gasteiger charge is -2.14. The van der Waals surface area contributed by atoms with Crippen molar-refractivity contribution in [2.75, 3.05) is 5.32 Å². The number of halogens is 1. The van der Waals surface area contributed by atoms with E-state index in [1.165, 1.54) is 5.56 Å². The Morgan fingerprint density at radius 3 is 2.77 bits per heavy atom. The van der Waals surface area contributed by atoms with Crippen LogP contribution in [0.5, 0.6) is 0 Å². The summed E-state index contributed by atoms with van der Waals surface area (Å²) in [6.45, 7) is 3.97. The van der Waals surface area contributed by atoms with E-state index >= 15 is 0 Å². The molecule has 13 heavy (non-hydrogen) atoms. The standard InChI is InChI=1S/C10H10ClNS/c1-6-4-3-5-7-8(6)12-9(13)10(7,2)11/h3-5H,1-2H3,(H,12,13). The van der Waals surface area contributed by atoms with E-state index in [4.69, 9.17) is 23.8 Å². The van der Waals surface area contributed by atoms with Crippen LogP contribution in [0.15, 0.2) is 18.2 Å². The van der Waals surface area contributed by atoms with Gasteiger partial charge in [-0.25, -0.2) is 0 Å². The van der Waals surface area contributed by atoms with Crippen LogP contribution in [0.1, 0.15) is 18.1 Å². The van der Waals surface area contributed by atoms with Gasteiger partial charge >= 0.3 is 0 Å². The minimum atomic E-state index is -0.531. The van der Waals surface area contributed by atoms with Crippen LogP contribution in [-0.4, -0.2) is 4.99 Å². The summed E-state index contributed by atoms with van der Waals surface area (Å²) in [5, 5.41) is 3.16. The number of rotatable bonds is 0. The average molecular weight is 212 g/mol. The van der Waals surface area contributed by atoms with Crippen LogP contribution < -0.4 is 5.32 Å². The summed E-state index contributed by atoms with van der Waals surface area (Å²) < 4.78 is 0. The first-order valence-electron chi connectivity index (χ1n) is 4.14. The summed E-state index contributed by atoms with van der Waals surface area (Å²) in [5.74, 6) is 0. The molecule has 68 valence electrons. The minimum Gasteiger partial charge on any atom is -0.348 e. The number of hydrogen-bond acceptors (Lipinski definition) is 1. The van der Waals surface area contributed by atoms with E-state index in [9.17, 15) is 0 Å². The van der Waals surface area contributed by atoms with Gasteiger partial charge in [0.25, 0.3) is 0 Å². The summed E-state index contributed by atoms with van der Waals surface area (Å²) in [7, 11) is 0. The number of benzene rings is 1. The van der Waals surface area contributed by atoms with Crippen molar-refractivity contribution >= 4 is 34.5 Å². The lowest BCUT2D eigenvalue weighted by atomic mass is 10.0. The van der Waals surface area contributed by atoms with Crippen molar-refractivity contribution in [3.63, 3.8) is 0 Å². The van der Waals surface area contributed by atoms with E-state index in [1.807, 2.05) is 32.0 Å². The van der Waals surface area contributed by atoms with Crippen LogP contribution in [-0.2, 0) is 4.87 Å². The van der Waals surface area contributed by atoms with Gasteiger partial charge in [-0.2, -0.15) is 0 Å². The molecule has 0 fully saturated rings. The minimum absolute atomic E-state index is 0.531. The van der Waals surface area contributed by atoms with Crippen LogP contribution in [0.3, 0.4) is 0 Å². The van der Waals surface area contributed by atoms with Crippen LogP contribution in [0.2, 0.25) is 0 Å². The second-order valence-electron chi connectivity index (χ2n) is 3.45. The number of hydrogen-bond donors (Lipinski definition) is 1. The molecule has 1 aliphatic rings. The van der Waals surface area contributed by atoms with Gasteiger partial charge in [-0.1, -0.05) is 30.4 Å². The number of alkyl halides is 1. The van der Waals surface area contributed by atoms with Gasteiger partial charge in [0.2, 0.25) is 0 Å². The molecule has 0 radical (unpaired) electrons. The van der Waals surface area contributed by atoms with Crippen LogP contribution >= 0.6 is 23.8 Å². The molecule has 1 atom stereocenters. The highest BCUT2D eigenvalue weighted by molar-refractivity contribution is 7.81. The van der Waals surface area contributed by atoms with Gasteiger partial charge in [-0.3, -0.25) is 0 Å². The average Bonchev–Trinajstić information content (AvgIpc) is 2.28. The lowest BCUT2D eigenvalue weighted by molar-refractivity contribution is 0.959. The zero-order chi connectivity index (χ0) is 9.64. The molecule has 1 unspecified atom stereocenters. The Morgan fingerprint density at radius 2 is 2.15 bits per heavy atom. The topological polar surface area (TPSA) is 12.0 Å². The molecule has 1 aromatic carbocycles. The molecule has 0 saturated heterocycles. The quantitative estimate of drug-likeness (QED) is 0.523. The number of nitrogens with one attached hydrogen (secondary N) is 1. The molecular formula is C10H10ClNS. The zero-order valence-corrected chi connectivity index (χ0v) is 9.09. The Labute approximate surface area is 88.1 Å². The molecule has 1 heterocycles. The van der Waals surface area contributed by atoms with Gasteiger partial charge in [0, 0.05) is 11.3 Å². The largest absolute Gasteiger partial charge is 0.348 e. The number of para-hydroxylation sites is 1. The van der Waals surface area contributed by atoms with Crippen molar-refractivity contribution in [1.82, 2.24) is 0 Å². The molecule has 1 aliphatic heterocycles. The summed E-state index contributed by atoms with van der Waals surface area (Å²) in [6, 6.07) is 6.07. The van der Waals surface area contributed by atoms with Gasteiger partial charge in [0.15, 0.2) is 0 Å². The third-order valence-electron chi connectivity index (χ3n) is 2.44. The molecule has 1 aromatic rings. The van der Waals surface area contributed by atoms with Crippen molar-refractivity contribution < 1.29 is 0 Å². The first-order valence-corrected chi connectivity index (χ1v) is 4.92. The maximum Gasteiger partial charge on any atom is 0.119 e. The predicted octanol–water partition coefficient (Wildman–Crippen LogP) is 3.20. The Kier molecular flexibility index (Phi) is 1.86. The van der Waals surface area contributed by atoms with E-state index in [1.54, 1.807) is 0 Å². The summed E-state index contributed by atoms with van der Waals surface area (Å²) >= 11 is 11.5. The molecule has 0 spiro atoms. The van der Waals surface area contributed by atoms with E-state index in [0.717, 1.165) is 11.3 Å². The molecule has 1 nitrogen and oxygen atoms in total. The highest BCUT2D eigenvalue weighted by Crippen LogP contribution is 2.42. The van der Waals surface area contributed by atoms with E-state index < -0.39 is 4.87 Å². The van der Waals surface area contributed by atoms with Crippen molar-refractivity contribution in [2.45, 2.75) is 18.7 Å². The van der Waals surface area contributed by atoms with Crippen molar-refractivity contribution in [1.29, 1.82) is 0 Å². The molecule has 0 bridgehead atoms. The monoisotopic (exact) mass is 211 g/mol. The maximum absolute atomic E-state index is 6.32. The van der Waals surface area contributed by atoms with Crippen molar-refractivity contribution in [2.24, 2.45) is 0 Å². The van der Waals surface area contributed by atoms with Gasteiger partial charge in [-0.05, 0) is 19.4 Å². The van der Waals surface area contributed by atoms with E-state index in [2.05, 4.69) is 5.32 Å². The fraction of sp³-hybridized carbons (Fsp3) is 0.300. The normalized spacial score (nSPS) is 25.6. The summed E-state index contributed by atoms with van der Waals surface area (Å²) in [5.41, 5.74) is 3.34. The van der Waals surface area contributed by atoms with E-state index in [0.29, 0.717) is 4.99 Å². The highest BCUT2D eigenvalue weighted by Gasteiger charge is 2.37. The molecule has 1 N–H and O–H groups in total. The second kappa shape index (κ2) is 2.69. The van der Waals surface area contributed by atoms with Gasteiger partial charge in [0.1, 0.15) is 9.86 Å². The third kappa shape index (κ3) is 1.17. The Bertz CT molecular complexity index is 385. The fourth-order valence-corrected chi connectivity index (χ4v) is 1.99. The van der Waals surface area contributed by atoms with Gasteiger partial charge in [-0.15, -0.1) is 11.6 Å². The summed E-state index contributed by atoms with van der Waals surface area (Å²) in [4.78, 5) is 0.162. The Morgan fingerprint density at radius 1 is 1.46 bits per heavy atom. The highest BCUT2D eigenvalue weighted by atomic mass is 35.5. The number of aryl methyl sites for hydroxylation is 1. The van der Waals surface area contributed by atoms with Gasteiger partial charge < -0.3 is 5.32 Å². The Hall–Kier alpha value is -0.600. The number of anilines is 1. The first kappa shape index (κ1) is 8.97. The van der Waals surface area contributed by atoms with E-state index in [-0.39, 0.29) is 0 Å². The van der Waals surface area contributed by atoms with Crippen molar-refractivity contribution in [3.8, 4) is 0 Å². The Balaban J connectivity index is 2.68. The summed E-state index contributed by atoms with van der Waals surface area (Å²) in [6.07, 6.45) is 0. The smallest absolute Gasteiger partial charge is 0.119 e. The van der Waals surface area contributed by atoms with Crippen LogP contribution in [0.25, 0.3) is 0 Å². The molecular weight excluding hydrogens is 202 g/mol. The van der Waals surface area contributed by atoms with Crippen LogP contribution in [0.4, 0.5) is 5.69 Å². The van der Waals surface area contributed by atoms with Crippen LogP contribution in [0, 0.1) is 6.92 Å². The molecule has 3 heteroatoms. The predicted molar refractivity (Wildman–Crippen MR) is 60.6 cm³/mol. The first-order chi connectivity index (χ1) is 6.03. The maximum atomic E-state index is 6.32. The zero-order valence-electron chi connectivity index (χ0n) is 7.52. The number of fused-ring (bicyclic) bond motifs is 1. The molecule has 0 saturated carbocycles. The number of thiocarbonyl (C=S) groups is 1. The molecule has 0 aliphatic carbocycles.